The van der Waals surface area contributed by atoms with Crippen LogP contribution in [0.2, 0.25) is 0 Å². The second kappa shape index (κ2) is 5.83. The van der Waals surface area contributed by atoms with Crippen molar-refractivity contribution in [3.8, 4) is 0 Å². The molecule has 2 aromatic rings. The lowest BCUT2D eigenvalue weighted by atomic mass is 10.0. The number of hydrogen-bond acceptors (Lipinski definition) is 4. The number of aliphatic imine (C=N–C) groups is 1. The Hall–Kier alpha value is -2.53. The van der Waals surface area contributed by atoms with Gasteiger partial charge < -0.3 is 5.41 Å². The molecule has 2 atom stereocenters. The number of rotatable bonds is 4. The number of hydrogen-bond donors (Lipinski definition) is 1. The Morgan fingerprint density at radius 2 is 2.17 bits per heavy atom. The van der Waals surface area contributed by atoms with E-state index in [4.69, 9.17) is 17.0 Å². The van der Waals surface area contributed by atoms with Gasteiger partial charge in [-0.15, -0.1) is 0 Å². The van der Waals surface area contributed by atoms with Crippen LogP contribution in [-0.4, -0.2) is 31.7 Å². The van der Waals surface area contributed by atoms with Crippen molar-refractivity contribution in [2.24, 2.45) is 10.9 Å². The van der Waals surface area contributed by atoms with Crippen molar-refractivity contribution >= 4 is 28.1 Å². The van der Waals surface area contributed by atoms with Crippen LogP contribution in [0.15, 0.2) is 53.8 Å². The summed E-state index contributed by atoms with van der Waals surface area (Å²) in [5.74, 6) is 0.144. The van der Waals surface area contributed by atoms with Crippen molar-refractivity contribution in [1.82, 2.24) is 14.8 Å². The summed E-state index contributed by atoms with van der Waals surface area (Å²) in [5, 5.41) is 12.9. The molecule has 4 rings (SSSR count). The van der Waals surface area contributed by atoms with Crippen LogP contribution >= 0.6 is 11.6 Å². The number of allylic oxidation sites excluding steroid dienone is 1. The summed E-state index contributed by atoms with van der Waals surface area (Å²) in [5.41, 5.74) is 4.73. The molecule has 0 aromatic carbocycles. The molecule has 0 spiro atoms. The minimum atomic E-state index is -0.209. The van der Waals surface area contributed by atoms with Crippen LogP contribution in [0, 0.1) is 18.3 Å². The standard InChI is InChI=1S/C18H16ClN5/c1-11-3-2-4-13(22-11)10-24-9-12(8-21-24)14-7-15(14)18-16(20)5-6-17(19)23-18/h2-9,15,18,20H,10H2,1H3. The summed E-state index contributed by atoms with van der Waals surface area (Å²) in [6.07, 6.45) is 9.38. The first-order valence-electron chi connectivity index (χ1n) is 7.77. The van der Waals surface area contributed by atoms with Crippen molar-refractivity contribution < 1.29 is 0 Å². The van der Waals surface area contributed by atoms with Crippen LogP contribution in [0.5, 0.6) is 0 Å². The quantitative estimate of drug-likeness (QED) is 0.930. The fourth-order valence-electron chi connectivity index (χ4n) is 2.92. The van der Waals surface area contributed by atoms with Crippen molar-refractivity contribution in [2.75, 3.05) is 0 Å². The SMILES string of the molecule is Cc1cccc(Cn2cc(C3=CC3C3N=C(Cl)C=CC3=N)cn2)n1. The molecule has 0 saturated carbocycles. The summed E-state index contributed by atoms with van der Waals surface area (Å²) in [6.45, 7) is 2.63. The van der Waals surface area contributed by atoms with Crippen LogP contribution in [0.4, 0.5) is 0 Å². The van der Waals surface area contributed by atoms with E-state index in [0.717, 1.165) is 17.0 Å². The lowest BCUT2D eigenvalue weighted by Gasteiger charge is -2.15. The van der Waals surface area contributed by atoms with Gasteiger partial charge in [-0.25, -0.2) is 0 Å². The molecule has 120 valence electrons. The predicted molar refractivity (Wildman–Crippen MR) is 95.7 cm³/mol. The summed E-state index contributed by atoms with van der Waals surface area (Å²) in [7, 11) is 0. The minimum Gasteiger partial charge on any atom is -0.303 e. The van der Waals surface area contributed by atoms with Gasteiger partial charge in [-0.3, -0.25) is 14.7 Å². The molecule has 6 heteroatoms. The Morgan fingerprint density at radius 1 is 1.29 bits per heavy atom. The van der Waals surface area contributed by atoms with Gasteiger partial charge in [-0.05, 0) is 36.8 Å². The van der Waals surface area contributed by atoms with Crippen LogP contribution in [0.1, 0.15) is 17.0 Å². The molecular formula is C18H16ClN5. The van der Waals surface area contributed by atoms with Crippen molar-refractivity contribution in [1.29, 1.82) is 5.41 Å². The first-order chi connectivity index (χ1) is 11.6. The van der Waals surface area contributed by atoms with Gasteiger partial charge in [0.15, 0.2) is 0 Å². The van der Waals surface area contributed by atoms with E-state index in [1.54, 1.807) is 12.2 Å². The number of dihydropyridines is 1. The fraction of sp³-hybridized carbons (Fsp3) is 0.222. The van der Waals surface area contributed by atoms with E-state index in [2.05, 4.69) is 21.2 Å². The second-order valence-corrected chi connectivity index (χ2v) is 6.42. The van der Waals surface area contributed by atoms with Gasteiger partial charge in [0.2, 0.25) is 0 Å². The number of nitrogens with zero attached hydrogens (tertiary/aromatic N) is 4. The normalized spacial score (nSPS) is 22.3. The summed E-state index contributed by atoms with van der Waals surface area (Å²) >= 11 is 5.97. The predicted octanol–water partition coefficient (Wildman–Crippen LogP) is 3.24. The maximum absolute atomic E-state index is 8.02. The van der Waals surface area contributed by atoms with Crippen LogP contribution in [0.3, 0.4) is 0 Å². The number of nitrogens with one attached hydrogen (secondary N) is 1. The molecule has 2 aromatic heterocycles. The third kappa shape index (κ3) is 2.95. The molecule has 1 aliphatic heterocycles. The summed E-state index contributed by atoms with van der Waals surface area (Å²) in [4.78, 5) is 8.87. The highest BCUT2D eigenvalue weighted by Gasteiger charge is 2.37. The Bertz CT molecular complexity index is 906. The van der Waals surface area contributed by atoms with Gasteiger partial charge in [0.05, 0.1) is 24.1 Å². The molecule has 3 heterocycles. The van der Waals surface area contributed by atoms with E-state index in [0.29, 0.717) is 17.4 Å². The fourth-order valence-corrected chi connectivity index (χ4v) is 3.09. The maximum atomic E-state index is 8.02. The average Bonchev–Trinajstić information content (AvgIpc) is 3.21. The van der Waals surface area contributed by atoms with Gasteiger partial charge >= 0.3 is 0 Å². The Morgan fingerprint density at radius 3 is 3.00 bits per heavy atom. The van der Waals surface area contributed by atoms with Gasteiger partial charge in [-0.2, -0.15) is 5.10 Å². The number of aromatic nitrogens is 3. The lowest BCUT2D eigenvalue weighted by Crippen LogP contribution is -2.23. The first-order valence-corrected chi connectivity index (χ1v) is 8.15. The molecular weight excluding hydrogens is 322 g/mol. The zero-order valence-corrected chi connectivity index (χ0v) is 13.9. The topological polar surface area (TPSA) is 66.9 Å². The Kier molecular flexibility index (Phi) is 3.65. The van der Waals surface area contributed by atoms with E-state index >= 15 is 0 Å². The first kappa shape index (κ1) is 15.0. The second-order valence-electron chi connectivity index (χ2n) is 6.03. The van der Waals surface area contributed by atoms with Gasteiger partial charge in [0, 0.05) is 23.4 Å². The molecule has 0 bridgehead atoms. The zero-order valence-electron chi connectivity index (χ0n) is 13.1. The van der Waals surface area contributed by atoms with E-state index < -0.39 is 0 Å². The van der Waals surface area contributed by atoms with Crippen molar-refractivity contribution in [2.45, 2.75) is 19.5 Å². The Balaban J connectivity index is 1.46. The Labute approximate surface area is 144 Å². The molecule has 0 amide bonds. The molecule has 1 aliphatic carbocycles. The van der Waals surface area contributed by atoms with Gasteiger partial charge in [0.1, 0.15) is 11.2 Å². The highest BCUT2D eigenvalue weighted by molar-refractivity contribution is 6.69. The largest absolute Gasteiger partial charge is 0.303 e. The number of pyridine rings is 1. The third-order valence-electron chi connectivity index (χ3n) is 4.17. The molecule has 1 N–H and O–H groups in total. The zero-order chi connectivity index (χ0) is 16.7. The average molecular weight is 338 g/mol. The molecule has 0 saturated heterocycles. The third-order valence-corrected chi connectivity index (χ3v) is 4.39. The number of aryl methyl sites for hydroxylation is 1. The molecule has 2 unspecified atom stereocenters. The van der Waals surface area contributed by atoms with Crippen LogP contribution < -0.4 is 0 Å². The van der Waals surface area contributed by atoms with Crippen LogP contribution in [-0.2, 0) is 6.54 Å². The molecule has 2 aliphatic rings. The van der Waals surface area contributed by atoms with Gasteiger partial charge in [-0.1, -0.05) is 23.7 Å². The molecule has 5 nitrogen and oxygen atoms in total. The molecule has 24 heavy (non-hydrogen) atoms. The maximum Gasteiger partial charge on any atom is 0.124 e. The van der Waals surface area contributed by atoms with E-state index in [1.807, 2.05) is 42.2 Å². The summed E-state index contributed by atoms with van der Waals surface area (Å²) < 4.78 is 1.88. The highest BCUT2D eigenvalue weighted by atomic mass is 35.5. The lowest BCUT2D eigenvalue weighted by molar-refractivity contribution is 0.671. The van der Waals surface area contributed by atoms with Crippen molar-refractivity contribution in [3.05, 3.63) is 65.8 Å². The monoisotopic (exact) mass is 337 g/mol. The minimum absolute atomic E-state index is 0.144. The van der Waals surface area contributed by atoms with E-state index in [9.17, 15) is 0 Å². The van der Waals surface area contributed by atoms with E-state index in [-0.39, 0.29) is 12.0 Å². The van der Waals surface area contributed by atoms with Crippen LogP contribution in [0.25, 0.3) is 5.57 Å². The van der Waals surface area contributed by atoms with E-state index in [1.165, 1.54) is 5.57 Å². The molecule has 0 radical (unpaired) electrons. The highest BCUT2D eigenvalue weighted by Crippen LogP contribution is 2.42. The van der Waals surface area contributed by atoms with Gasteiger partial charge in [0.25, 0.3) is 0 Å². The number of halogens is 1. The molecule has 0 fully saturated rings. The smallest absolute Gasteiger partial charge is 0.124 e. The van der Waals surface area contributed by atoms with Crippen molar-refractivity contribution in [3.63, 3.8) is 0 Å². The summed E-state index contributed by atoms with van der Waals surface area (Å²) in [6, 6.07) is 5.78.